The van der Waals surface area contributed by atoms with Crippen LogP contribution in [0.1, 0.15) is 47.1 Å². The summed E-state index contributed by atoms with van der Waals surface area (Å²) < 4.78 is 13.1. The molecule has 180 valence electrons. The number of nitrogens with zero attached hydrogens (tertiary/aromatic N) is 3. The Morgan fingerprint density at radius 3 is 2.50 bits per heavy atom. The fraction of sp³-hybridized carbons (Fsp3) is 0.333. The van der Waals surface area contributed by atoms with Gasteiger partial charge in [0.05, 0.1) is 19.2 Å². The smallest absolute Gasteiger partial charge is 0.346 e. The molecule has 0 spiro atoms. The summed E-state index contributed by atoms with van der Waals surface area (Å²) in [6.07, 6.45) is 2.45. The van der Waals surface area contributed by atoms with Gasteiger partial charge >= 0.3 is 17.6 Å². The van der Waals surface area contributed by atoms with Crippen molar-refractivity contribution in [3.63, 3.8) is 0 Å². The molecular formula is C24H26ClN3O6. The second-order valence-electron chi connectivity index (χ2n) is 7.67. The summed E-state index contributed by atoms with van der Waals surface area (Å²) in [6.45, 7) is 2.31. The van der Waals surface area contributed by atoms with Gasteiger partial charge in [0.25, 0.3) is 0 Å². The van der Waals surface area contributed by atoms with E-state index in [9.17, 15) is 14.4 Å². The number of carboxylic acid groups (broad SMARTS) is 1. The van der Waals surface area contributed by atoms with Crippen LogP contribution in [0.2, 0.25) is 5.02 Å². The SMILES string of the molecule is CCCCc1nn(CC(=O)OC)c(=O)n1Cc1ccc(OCc2ccc(C(=O)O)cc2Cl)cc1. The molecule has 1 heterocycles. The Kier molecular flexibility index (Phi) is 8.48. The monoisotopic (exact) mass is 487 g/mol. The van der Waals surface area contributed by atoms with Gasteiger partial charge in [-0.1, -0.05) is 43.1 Å². The number of benzene rings is 2. The van der Waals surface area contributed by atoms with E-state index in [0.717, 1.165) is 23.1 Å². The van der Waals surface area contributed by atoms with Crippen molar-refractivity contribution in [2.75, 3.05) is 7.11 Å². The summed E-state index contributed by atoms with van der Waals surface area (Å²) in [6, 6.07) is 11.7. The third kappa shape index (κ3) is 6.26. The number of aromatic carboxylic acids is 1. The Morgan fingerprint density at radius 1 is 1.15 bits per heavy atom. The first-order valence-electron chi connectivity index (χ1n) is 10.8. The van der Waals surface area contributed by atoms with Gasteiger partial charge < -0.3 is 14.6 Å². The van der Waals surface area contributed by atoms with E-state index in [-0.39, 0.29) is 24.4 Å². The van der Waals surface area contributed by atoms with Gasteiger partial charge in [0.1, 0.15) is 24.7 Å². The Morgan fingerprint density at radius 2 is 1.88 bits per heavy atom. The zero-order valence-electron chi connectivity index (χ0n) is 19.0. The number of rotatable bonds is 11. The zero-order valence-corrected chi connectivity index (χ0v) is 19.7. The van der Waals surface area contributed by atoms with E-state index >= 15 is 0 Å². The highest BCUT2D eigenvalue weighted by molar-refractivity contribution is 6.31. The van der Waals surface area contributed by atoms with Crippen LogP contribution in [0, 0.1) is 0 Å². The molecule has 0 saturated heterocycles. The quantitative estimate of drug-likeness (QED) is 0.411. The molecule has 0 saturated carbocycles. The molecule has 10 heteroatoms. The van der Waals surface area contributed by atoms with Crippen molar-refractivity contribution in [1.82, 2.24) is 14.3 Å². The van der Waals surface area contributed by atoms with Crippen molar-refractivity contribution in [3.8, 4) is 5.75 Å². The van der Waals surface area contributed by atoms with Gasteiger partial charge in [-0.2, -0.15) is 5.10 Å². The number of hydrogen-bond donors (Lipinski definition) is 1. The second kappa shape index (κ2) is 11.5. The fourth-order valence-corrected chi connectivity index (χ4v) is 3.52. The van der Waals surface area contributed by atoms with Crippen molar-refractivity contribution in [2.45, 2.75) is 45.9 Å². The minimum absolute atomic E-state index is 0.113. The number of aryl methyl sites for hydroxylation is 1. The second-order valence-corrected chi connectivity index (χ2v) is 8.07. The Hall–Kier alpha value is -3.59. The average Bonchev–Trinajstić information content (AvgIpc) is 3.11. The van der Waals surface area contributed by atoms with Crippen LogP contribution in [0.5, 0.6) is 5.75 Å². The summed E-state index contributed by atoms with van der Waals surface area (Å²) in [7, 11) is 1.27. The van der Waals surface area contributed by atoms with Crippen molar-refractivity contribution < 1.29 is 24.2 Å². The molecule has 0 radical (unpaired) electrons. The van der Waals surface area contributed by atoms with E-state index in [0.29, 0.717) is 35.1 Å². The van der Waals surface area contributed by atoms with Crippen molar-refractivity contribution in [2.24, 2.45) is 0 Å². The zero-order chi connectivity index (χ0) is 24.7. The van der Waals surface area contributed by atoms with Gasteiger partial charge in [0.2, 0.25) is 0 Å². The maximum absolute atomic E-state index is 12.8. The van der Waals surface area contributed by atoms with Crippen LogP contribution in [0.15, 0.2) is 47.3 Å². The van der Waals surface area contributed by atoms with Crippen LogP contribution in [0.4, 0.5) is 0 Å². The molecular weight excluding hydrogens is 462 g/mol. The highest BCUT2D eigenvalue weighted by atomic mass is 35.5. The maximum atomic E-state index is 12.8. The molecule has 0 fully saturated rings. The molecule has 3 rings (SSSR count). The van der Waals surface area contributed by atoms with Crippen LogP contribution in [0.25, 0.3) is 0 Å². The normalized spacial score (nSPS) is 10.8. The predicted octanol–water partition coefficient (Wildman–Crippen LogP) is 3.54. The lowest BCUT2D eigenvalue weighted by molar-refractivity contribution is -0.141. The van der Waals surface area contributed by atoms with Crippen LogP contribution >= 0.6 is 11.6 Å². The number of hydrogen-bond acceptors (Lipinski definition) is 6. The maximum Gasteiger partial charge on any atom is 0.346 e. The Bertz CT molecular complexity index is 1220. The molecule has 2 aromatic carbocycles. The molecule has 0 aliphatic rings. The van der Waals surface area contributed by atoms with Crippen molar-refractivity contribution >= 4 is 23.5 Å². The lowest BCUT2D eigenvalue weighted by atomic mass is 10.1. The molecule has 9 nitrogen and oxygen atoms in total. The number of carbonyl (C=O) groups is 2. The van der Waals surface area contributed by atoms with Crippen LogP contribution in [-0.4, -0.2) is 38.5 Å². The van der Waals surface area contributed by atoms with Crippen LogP contribution < -0.4 is 10.4 Å². The molecule has 0 amide bonds. The van der Waals surface area contributed by atoms with E-state index in [1.165, 1.54) is 19.2 Å². The first-order valence-corrected chi connectivity index (χ1v) is 11.2. The van der Waals surface area contributed by atoms with E-state index in [1.54, 1.807) is 22.8 Å². The third-order valence-corrected chi connectivity index (χ3v) is 5.57. The molecule has 0 bridgehead atoms. The lowest BCUT2D eigenvalue weighted by Gasteiger charge is -2.10. The van der Waals surface area contributed by atoms with Gasteiger partial charge in [-0.3, -0.25) is 9.36 Å². The van der Waals surface area contributed by atoms with E-state index in [1.807, 2.05) is 12.1 Å². The summed E-state index contributed by atoms with van der Waals surface area (Å²) in [5.41, 5.74) is 1.28. The summed E-state index contributed by atoms with van der Waals surface area (Å²) >= 11 is 6.15. The van der Waals surface area contributed by atoms with E-state index in [2.05, 4.69) is 16.8 Å². The van der Waals surface area contributed by atoms with E-state index < -0.39 is 11.9 Å². The lowest BCUT2D eigenvalue weighted by Crippen LogP contribution is -2.28. The predicted molar refractivity (Wildman–Crippen MR) is 125 cm³/mol. The highest BCUT2D eigenvalue weighted by Gasteiger charge is 2.16. The van der Waals surface area contributed by atoms with Crippen molar-refractivity contribution in [1.29, 1.82) is 0 Å². The Balaban J connectivity index is 1.71. The highest BCUT2D eigenvalue weighted by Crippen LogP contribution is 2.21. The topological polar surface area (TPSA) is 113 Å². The first-order chi connectivity index (χ1) is 16.3. The van der Waals surface area contributed by atoms with Crippen molar-refractivity contribution in [3.05, 3.63) is 80.5 Å². The van der Waals surface area contributed by atoms with Gasteiger partial charge in [-0.25, -0.2) is 14.3 Å². The van der Waals surface area contributed by atoms with E-state index in [4.69, 9.17) is 21.4 Å². The third-order valence-electron chi connectivity index (χ3n) is 5.22. The number of carboxylic acids is 1. The summed E-state index contributed by atoms with van der Waals surface area (Å²) in [4.78, 5) is 35.5. The minimum atomic E-state index is -1.04. The van der Waals surface area contributed by atoms with Gasteiger partial charge in [0, 0.05) is 17.0 Å². The fourth-order valence-electron chi connectivity index (χ4n) is 3.29. The molecule has 3 aromatic rings. The van der Waals surface area contributed by atoms with Crippen LogP contribution in [-0.2, 0) is 35.6 Å². The van der Waals surface area contributed by atoms with Crippen LogP contribution in [0.3, 0.4) is 0 Å². The minimum Gasteiger partial charge on any atom is -0.489 e. The average molecular weight is 488 g/mol. The largest absolute Gasteiger partial charge is 0.489 e. The van der Waals surface area contributed by atoms with Gasteiger partial charge in [0.15, 0.2) is 0 Å². The Labute approximate surface area is 201 Å². The molecule has 1 aromatic heterocycles. The molecule has 0 aliphatic carbocycles. The molecule has 0 atom stereocenters. The number of methoxy groups -OCH3 is 1. The molecule has 0 unspecified atom stereocenters. The first kappa shape index (κ1) is 25.0. The molecule has 1 N–H and O–H groups in total. The molecule has 34 heavy (non-hydrogen) atoms. The number of unbranched alkanes of at least 4 members (excludes halogenated alkanes) is 1. The number of carbonyl (C=O) groups excluding carboxylic acids is 1. The number of ether oxygens (including phenoxy) is 2. The number of esters is 1. The standard InChI is InChI=1S/C24H26ClN3O6/c1-3-4-5-21-26-28(14-22(29)33-2)24(32)27(21)13-16-6-10-19(11-7-16)34-15-18-9-8-17(23(30)31)12-20(18)25/h6-12H,3-5,13-15H2,1-2H3,(H,30,31). The van der Waals surface area contributed by atoms with Gasteiger partial charge in [-0.05, 0) is 36.2 Å². The summed E-state index contributed by atoms with van der Waals surface area (Å²) in [5, 5.41) is 13.7. The molecule has 0 aliphatic heterocycles. The number of aromatic nitrogens is 3. The summed E-state index contributed by atoms with van der Waals surface area (Å²) in [5.74, 6) is -0.358. The number of halogens is 1. The van der Waals surface area contributed by atoms with Gasteiger partial charge in [-0.15, -0.1) is 0 Å².